The van der Waals surface area contributed by atoms with Crippen LogP contribution < -0.4 is 11.3 Å². The fourth-order valence-electron chi connectivity index (χ4n) is 1.52. The summed E-state index contributed by atoms with van der Waals surface area (Å²) in [5.74, 6) is 5.32. The van der Waals surface area contributed by atoms with Crippen molar-refractivity contribution in [1.29, 1.82) is 0 Å². The van der Waals surface area contributed by atoms with Crippen molar-refractivity contribution in [2.75, 3.05) is 27.2 Å². The first kappa shape index (κ1) is 10.3. The summed E-state index contributed by atoms with van der Waals surface area (Å²) in [5.41, 5.74) is 2.74. The van der Waals surface area contributed by atoms with Crippen molar-refractivity contribution in [2.24, 2.45) is 5.84 Å². The third-order valence-corrected chi connectivity index (χ3v) is 2.38. The molecule has 0 spiro atoms. The number of hydrogen-bond acceptors (Lipinski definition) is 3. The summed E-state index contributed by atoms with van der Waals surface area (Å²) in [4.78, 5) is 15.0. The molecule has 13 heavy (non-hydrogen) atoms. The summed E-state index contributed by atoms with van der Waals surface area (Å²) < 4.78 is 0. The van der Waals surface area contributed by atoms with Gasteiger partial charge in [-0.15, -0.1) is 0 Å². The number of piperidine rings is 1. The topological polar surface area (TPSA) is 61.6 Å². The zero-order valence-electron chi connectivity index (χ0n) is 8.29. The van der Waals surface area contributed by atoms with E-state index in [0.717, 1.165) is 25.9 Å². The van der Waals surface area contributed by atoms with Crippen molar-refractivity contribution in [3.05, 3.63) is 0 Å². The number of hydrazine groups is 1. The number of nitrogens with two attached hydrogens (primary N) is 1. The molecule has 1 fully saturated rings. The Bertz CT molecular complexity index is 175. The van der Waals surface area contributed by atoms with Gasteiger partial charge in [0, 0.05) is 33.2 Å². The Morgan fingerprint density at radius 3 is 2.38 bits per heavy atom. The minimum absolute atomic E-state index is 0.0930. The zero-order chi connectivity index (χ0) is 9.84. The molecule has 76 valence electrons. The number of nitrogens with one attached hydrogen (secondary N) is 1. The van der Waals surface area contributed by atoms with Gasteiger partial charge in [-0.05, 0) is 12.8 Å². The molecule has 0 radical (unpaired) electrons. The zero-order valence-corrected chi connectivity index (χ0v) is 8.29. The summed E-state index contributed by atoms with van der Waals surface area (Å²) in [7, 11) is 3.55. The number of carbonyl (C=O) groups is 1. The Labute approximate surface area is 78.8 Å². The monoisotopic (exact) mass is 186 g/mol. The first-order chi connectivity index (χ1) is 6.15. The van der Waals surface area contributed by atoms with Crippen LogP contribution in [0, 0.1) is 0 Å². The van der Waals surface area contributed by atoms with Gasteiger partial charge in [-0.1, -0.05) is 0 Å². The van der Waals surface area contributed by atoms with E-state index in [0.29, 0.717) is 6.04 Å². The maximum atomic E-state index is 11.5. The number of rotatable bonds is 1. The van der Waals surface area contributed by atoms with Gasteiger partial charge in [0.25, 0.3) is 0 Å². The summed E-state index contributed by atoms with van der Waals surface area (Å²) in [6, 6.07) is 0.460. The van der Waals surface area contributed by atoms with Crippen molar-refractivity contribution in [3.63, 3.8) is 0 Å². The van der Waals surface area contributed by atoms with E-state index in [1.807, 2.05) is 4.90 Å². The van der Waals surface area contributed by atoms with Crippen molar-refractivity contribution in [3.8, 4) is 0 Å². The van der Waals surface area contributed by atoms with Crippen LogP contribution in [-0.2, 0) is 0 Å². The standard InChI is InChI=1S/C8H18N4O/c1-11(2)8(13)12-5-3-7(10-9)4-6-12/h7,10H,3-6,9H2,1-2H3. The highest BCUT2D eigenvalue weighted by Crippen LogP contribution is 2.10. The maximum absolute atomic E-state index is 11.5. The lowest BCUT2D eigenvalue weighted by atomic mass is 10.1. The van der Waals surface area contributed by atoms with Gasteiger partial charge in [-0.3, -0.25) is 11.3 Å². The van der Waals surface area contributed by atoms with Crippen LogP contribution in [0.2, 0.25) is 0 Å². The Kier molecular flexibility index (Phi) is 3.50. The van der Waals surface area contributed by atoms with Crippen molar-refractivity contribution >= 4 is 6.03 Å². The smallest absolute Gasteiger partial charge is 0.319 e. The summed E-state index contributed by atoms with van der Waals surface area (Å²) >= 11 is 0. The van der Waals surface area contributed by atoms with Gasteiger partial charge >= 0.3 is 6.03 Å². The molecule has 0 aromatic heterocycles. The first-order valence-electron chi connectivity index (χ1n) is 4.57. The van der Waals surface area contributed by atoms with E-state index in [9.17, 15) is 4.79 Å². The minimum atomic E-state index is 0.0930. The largest absolute Gasteiger partial charge is 0.331 e. The highest BCUT2D eigenvalue weighted by atomic mass is 16.2. The molecule has 1 aliphatic heterocycles. The molecule has 5 nitrogen and oxygen atoms in total. The predicted molar refractivity (Wildman–Crippen MR) is 51.0 cm³/mol. The van der Waals surface area contributed by atoms with Crippen molar-refractivity contribution in [2.45, 2.75) is 18.9 Å². The predicted octanol–water partition coefficient (Wildman–Crippen LogP) is -0.404. The van der Waals surface area contributed by atoms with Crippen molar-refractivity contribution in [1.82, 2.24) is 15.2 Å². The van der Waals surface area contributed by atoms with E-state index in [-0.39, 0.29) is 6.03 Å². The van der Waals surface area contributed by atoms with Crippen molar-refractivity contribution < 1.29 is 4.79 Å². The number of carbonyl (C=O) groups excluding carboxylic acids is 1. The summed E-state index contributed by atoms with van der Waals surface area (Å²) in [5, 5.41) is 0. The molecular formula is C8H18N4O. The normalized spacial score (nSPS) is 18.8. The van der Waals surface area contributed by atoms with Gasteiger partial charge in [0.05, 0.1) is 0 Å². The molecule has 2 amide bonds. The number of hydrogen-bond donors (Lipinski definition) is 2. The van der Waals surface area contributed by atoms with Crippen LogP contribution in [-0.4, -0.2) is 49.1 Å². The molecular weight excluding hydrogens is 168 g/mol. The van der Waals surface area contributed by atoms with Crippen LogP contribution >= 0.6 is 0 Å². The molecule has 0 saturated carbocycles. The lowest BCUT2D eigenvalue weighted by molar-refractivity contribution is 0.152. The third kappa shape index (κ3) is 2.57. The second-order valence-electron chi connectivity index (χ2n) is 3.60. The molecule has 0 aromatic carbocycles. The van der Waals surface area contributed by atoms with Crippen LogP contribution in [0.3, 0.4) is 0 Å². The molecule has 5 heteroatoms. The second-order valence-corrected chi connectivity index (χ2v) is 3.60. The molecule has 3 N–H and O–H groups in total. The molecule has 1 aliphatic rings. The molecule has 0 aromatic rings. The van der Waals surface area contributed by atoms with E-state index in [1.54, 1.807) is 19.0 Å². The Morgan fingerprint density at radius 1 is 1.46 bits per heavy atom. The van der Waals surface area contributed by atoms with Gasteiger partial charge in [0.2, 0.25) is 0 Å². The highest BCUT2D eigenvalue weighted by molar-refractivity contribution is 5.73. The Balaban J connectivity index is 2.36. The van der Waals surface area contributed by atoms with E-state index >= 15 is 0 Å². The average Bonchev–Trinajstić information content (AvgIpc) is 2.17. The molecule has 0 atom stereocenters. The van der Waals surface area contributed by atoms with Gasteiger partial charge in [-0.2, -0.15) is 0 Å². The van der Waals surface area contributed by atoms with Crippen LogP contribution in [0.5, 0.6) is 0 Å². The van der Waals surface area contributed by atoms with E-state index < -0.39 is 0 Å². The lowest BCUT2D eigenvalue weighted by Gasteiger charge is -2.33. The van der Waals surface area contributed by atoms with E-state index in [4.69, 9.17) is 5.84 Å². The minimum Gasteiger partial charge on any atom is -0.331 e. The van der Waals surface area contributed by atoms with Crippen LogP contribution in [0.1, 0.15) is 12.8 Å². The fraction of sp³-hybridized carbons (Fsp3) is 0.875. The molecule has 0 bridgehead atoms. The van der Waals surface area contributed by atoms with E-state index in [2.05, 4.69) is 5.43 Å². The van der Waals surface area contributed by atoms with Gasteiger partial charge in [0.1, 0.15) is 0 Å². The van der Waals surface area contributed by atoms with Crippen LogP contribution in [0.25, 0.3) is 0 Å². The fourth-order valence-corrected chi connectivity index (χ4v) is 1.52. The SMILES string of the molecule is CN(C)C(=O)N1CCC(NN)CC1. The Morgan fingerprint density at radius 2 is 2.00 bits per heavy atom. The van der Waals surface area contributed by atoms with Crippen LogP contribution in [0.15, 0.2) is 0 Å². The first-order valence-corrected chi connectivity index (χ1v) is 4.57. The molecule has 1 rings (SSSR count). The molecule has 1 saturated heterocycles. The quantitative estimate of drug-likeness (QED) is 0.432. The highest BCUT2D eigenvalue weighted by Gasteiger charge is 2.22. The number of amides is 2. The Hall–Kier alpha value is -0.810. The second kappa shape index (κ2) is 4.43. The number of likely N-dealkylation sites (tertiary alicyclic amines) is 1. The third-order valence-electron chi connectivity index (χ3n) is 2.38. The van der Waals surface area contributed by atoms with Crippen LogP contribution in [0.4, 0.5) is 4.79 Å². The summed E-state index contributed by atoms with van der Waals surface area (Å²) in [6.07, 6.45) is 1.88. The lowest BCUT2D eigenvalue weighted by Crippen LogP contribution is -2.49. The van der Waals surface area contributed by atoms with E-state index in [1.165, 1.54) is 0 Å². The van der Waals surface area contributed by atoms with Gasteiger partial charge in [-0.25, -0.2) is 4.79 Å². The number of urea groups is 1. The molecule has 1 heterocycles. The molecule has 0 aliphatic carbocycles. The molecule has 0 unspecified atom stereocenters. The average molecular weight is 186 g/mol. The van der Waals surface area contributed by atoms with Gasteiger partial charge < -0.3 is 9.80 Å². The van der Waals surface area contributed by atoms with Gasteiger partial charge in [0.15, 0.2) is 0 Å². The number of nitrogens with zero attached hydrogens (tertiary/aromatic N) is 2. The summed E-state index contributed by atoms with van der Waals surface area (Å²) in [6.45, 7) is 1.60. The maximum Gasteiger partial charge on any atom is 0.319 e.